The molecule has 7 heteroatoms. The molecule has 0 radical (unpaired) electrons. The number of anilines is 1. The SMILES string of the molecule is CCCNC(=O)C1CCN(c2nc3ccsc3c(=O)n2Cc2ccc(C)cc2)CC1. The number of hydrogen-bond donors (Lipinski definition) is 1. The number of piperidine rings is 1. The molecule has 0 atom stereocenters. The zero-order chi connectivity index (χ0) is 21.1. The fourth-order valence-corrected chi connectivity index (χ4v) is 4.70. The zero-order valence-electron chi connectivity index (χ0n) is 17.6. The number of carbonyl (C=O) groups is 1. The average molecular weight is 425 g/mol. The van der Waals surface area contributed by atoms with Gasteiger partial charge in [-0.1, -0.05) is 36.8 Å². The van der Waals surface area contributed by atoms with Crippen LogP contribution in [0.4, 0.5) is 5.95 Å². The predicted octanol–water partition coefficient (Wildman–Crippen LogP) is 3.56. The van der Waals surface area contributed by atoms with Crippen LogP contribution in [0.3, 0.4) is 0 Å². The highest BCUT2D eigenvalue weighted by molar-refractivity contribution is 7.17. The first kappa shape index (κ1) is 20.6. The average Bonchev–Trinajstić information content (AvgIpc) is 3.24. The lowest BCUT2D eigenvalue weighted by Crippen LogP contribution is -2.43. The minimum absolute atomic E-state index is 0.00777. The van der Waals surface area contributed by atoms with Gasteiger partial charge in [0.1, 0.15) is 4.70 Å². The Kier molecular flexibility index (Phi) is 6.18. The van der Waals surface area contributed by atoms with Crippen molar-refractivity contribution < 1.29 is 4.79 Å². The molecule has 1 fully saturated rings. The van der Waals surface area contributed by atoms with E-state index in [0.29, 0.717) is 17.2 Å². The Morgan fingerprint density at radius 3 is 2.63 bits per heavy atom. The van der Waals surface area contributed by atoms with E-state index in [1.165, 1.54) is 16.9 Å². The maximum absolute atomic E-state index is 13.3. The van der Waals surface area contributed by atoms with Gasteiger partial charge in [0.05, 0.1) is 12.1 Å². The molecule has 158 valence electrons. The topological polar surface area (TPSA) is 67.2 Å². The molecule has 30 heavy (non-hydrogen) atoms. The van der Waals surface area contributed by atoms with Crippen LogP contribution in [0.1, 0.15) is 37.3 Å². The number of nitrogens with one attached hydrogen (secondary N) is 1. The second kappa shape index (κ2) is 9.00. The van der Waals surface area contributed by atoms with E-state index in [0.717, 1.165) is 50.0 Å². The van der Waals surface area contributed by atoms with E-state index in [1.54, 1.807) is 4.57 Å². The van der Waals surface area contributed by atoms with E-state index < -0.39 is 0 Å². The molecule has 0 saturated carbocycles. The van der Waals surface area contributed by atoms with Crippen LogP contribution < -0.4 is 15.8 Å². The molecular formula is C23H28N4O2S. The lowest BCUT2D eigenvalue weighted by atomic mass is 9.96. The van der Waals surface area contributed by atoms with Crippen LogP contribution in [-0.4, -0.2) is 35.1 Å². The zero-order valence-corrected chi connectivity index (χ0v) is 18.4. The highest BCUT2D eigenvalue weighted by Crippen LogP contribution is 2.25. The first-order valence-corrected chi connectivity index (χ1v) is 11.5. The first-order valence-electron chi connectivity index (χ1n) is 10.6. The minimum Gasteiger partial charge on any atom is -0.356 e. The van der Waals surface area contributed by atoms with Crippen molar-refractivity contribution in [3.8, 4) is 0 Å². The molecule has 1 aliphatic heterocycles. The van der Waals surface area contributed by atoms with Gasteiger partial charge in [-0.2, -0.15) is 0 Å². The summed E-state index contributed by atoms with van der Waals surface area (Å²) in [5.41, 5.74) is 3.04. The maximum Gasteiger partial charge on any atom is 0.273 e. The number of benzene rings is 1. The standard InChI is InChI=1S/C23H28N4O2S/c1-3-11-24-21(28)18-8-12-26(13-9-18)23-25-19-10-14-30-20(19)22(29)27(23)15-17-6-4-16(2)5-7-17/h4-7,10,14,18H,3,8-9,11-13,15H2,1-2H3,(H,24,28). The predicted molar refractivity (Wildman–Crippen MR) is 122 cm³/mol. The van der Waals surface area contributed by atoms with Gasteiger partial charge >= 0.3 is 0 Å². The molecule has 1 N–H and O–H groups in total. The molecule has 0 bridgehead atoms. The smallest absolute Gasteiger partial charge is 0.273 e. The Labute approximate surface area is 180 Å². The van der Waals surface area contributed by atoms with Crippen molar-refractivity contribution in [3.05, 3.63) is 57.2 Å². The van der Waals surface area contributed by atoms with E-state index in [-0.39, 0.29) is 17.4 Å². The number of aromatic nitrogens is 2. The number of hydrogen-bond acceptors (Lipinski definition) is 5. The monoisotopic (exact) mass is 424 g/mol. The second-order valence-electron chi connectivity index (χ2n) is 7.98. The van der Waals surface area contributed by atoms with Gasteiger partial charge in [-0.05, 0) is 43.2 Å². The summed E-state index contributed by atoms with van der Waals surface area (Å²) in [5, 5.41) is 4.93. The number of carbonyl (C=O) groups excluding carboxylic acids is 1. The van der Waals surface area contributed by atoms with E-state index in [9.17, 15) is 9.59 Å². The largest absolute Gasteiger partial charge is 0.356 e. The van der Waals surface area contributed by atoms with Crippen molar-refractivity contribution in [1.82, 2.24) is 14.9 Å². The molecule has 6 nitrogen and oxygen atoms in total. The molecule has 0 spiro atoms. The van der Waals surface area contributed by atoms with Crippen LogP contribution in [-0.2, 0) is 11.3 Å². The molecule has 1 amide bonds. The molecule has 4 rings (SSSR count). The third-order valence-electron chi connectivity index (χ3n) is 5.70. The van der Waals surface area contributed by atoms with Gasteiger partial charge in [0.2, 0.25) is 11.9 Å². The van der Waals surface area contributed by atoms with Gasteiger partial charge in [0, 0.05) is 25.6 Å². The third kappa shape index (κ3) is 4.26. The fourth-order valence-electron chi connectivity index (χ4n) is 3.93. The Morgan fingerprint density at radius 2 is 1.93 bits per heavy atom. The van der Waals surface area contributed by atoms with Gasteiger partial charge in [0.15, 0.2) is 0 Å². The molecule has 2 aromatic heterocycles. The summed E-state index contributed by atoms with van der Waals surface area (Å²) in [6.07, 6.45) is 2.50. The van der Waals surface area contributed by atoms with Crippen LogP contribution in [0.25, 0.3) is 10.2 Å². The molecule has 1 aromatic carbocycles. The summed E-state index contributed by atoms with van der Waals surface area (Å²) in [4.78, 5) is 32.6. The fraction of sp³-hybridized carbons (Fsp3) is 0.435. The van der Waals surface area contributed by atoms with Crippen molar-refractivity contribution in [1.29, 1.82) is 0 Å². The highest BCUT2D eigenvalue weighted by Gasteiger charge is 2.27. The number of nitrogens with zero attached hydrogens (tertiary/aromatic N) is 3. The normalized spacial score (nSPS) is 14.9. The highest BCUT2D eigenvalue weighted by atomic mass is 32.1. The molecule has 0 unspecified atom stereocenters. The Hall–Kier alpha value is -2.67. The summed E-state index contributed by atoms with van der Waals surface area (Å²) in [7, 11) is 0. The third-order valence-corrected chi connectivity index (χ3v) is 6.60. The Balaban J connectivity index is 1.61. The summed E-state index contributed by atoms with van der Waals surface area (Å²) < 4.78 is 2.49. The van der Waals surface area contributed by atoms with Crippen LogP contribution in [0.5, 0.6) is 0 Å². The molecule has 1 aliphatic rings. The number of fused-ring (bicyclic) bond motifs is 1. The summed E-state index contributed by atoms with van der Waals surface area (Å²) in [6.45, 7) is 6.78. The lowest BCUT2D eigenvalue weighted by Gasteiger charge is -2.33. The van der Waals surface area contributed by atoms with Gasteiger partial charge in [-0.25, -0.2) is 4.98 Å². The second-order valence-corrected chi connectivity index (χ2v) is 8.89. The first-order chi connectivity index (χ1) is 14.6. The van der Waals surface area contributed by atoms with Crippen molar-refractivity contribution in [2.45, 2.75) is 39.7 Å². The quantitative estimate of drug-likeness (QED) is 0.657. The molecule has 0 aliphatic carbocycles. The van der Waals surface area contributed by atoms with Crippen molar-refractivity contribution in [3.63, 3.8) is 0 Å². The summed E-state index contributed by atoms with van der Waals surface area (Å²) >= 11 is 1.44. The van der Waals surface area contributed by atoms with Crippen molar-refractivity contribution >= 4 is 33.4 Å². The van der Waals surface area contributed by atoms with Gasteiger partial charge < -0.3 is 10.2 Å². The summed E-state index contributed by atoms with van der Waals surface area (Å²) in [5.74, 6) is 0.892. The van der Waals surface area contributed by atoms with E-state index in [1.807, 2.05) is 11.4 Å². The van der Waals surface area contributed by atoms with Gasteiger partial charge in [-0.15, -0.1) is 11.3 Å². The molecule has 1 saturated heterocycles. The van der Waals surface area contributed by atoms with E-state index in [2.05, 4.69) is 48.3 Å². The maximum atomic E-state index is 13.3. The number of amides is 1. The number of rotatable bonds is 6. The number of thiophene rings is 1. The van der Waals surface area contributed by atoms with E-state index >= 15 is 0 Å². The van der Waals surface area contributed by atoms with E-state index in [4.69, 9.17) is 4.98 Å². The Morgan fingerprint density at radius 1 is 1.20 bits per heavy atom. The van der Waals surface area contributed by atoms with Crippen LogP contribution in [0.15, 0.2) is 40.5 Å². The van der Waals surface area contributed by atoms with Crippen molar-refractivity contribution in [2.24, 2.45) is 5.92 Å². The van der Waals surface area contributed by atoms with Gasteiger partial charge in [-0.3, -0.25) is 14.2 Å². The van der Waals surface area contributed by atoms with Crippen LogP contribution in [0.2, 0.25) is 0 Å². The molecular weight excluding hydrogens is 396 g/mol. The number of aryl methyl sites for hydroxylation is 1. The van der Waals surface area contributed by atoms with Gasteiger partial charge in [0.25, 0.3) is 5.56 Å². The summed E-state index contributed by atoms with van der Waals surface area (Å²) in [6, 6.07) is 10.2. The molecule has 3 aromatic rings. The molecule has 3 heterocycles. The van der Waals surface area contributed by atoms with Crippen LogP contribution >= 0.6 is 11.3 Å². The Bertz CT molecular complexity index is 1080. The minimum atomic E-state index is 0.00777. The van der Waals surface area contributed by atoms with Crippen molar-refractivity contribution in [2.75, 3.05) is 24.5 Å². The lowest BCUT2D eigenvalue weighted by molar-refractivity contribution is -0.125. The van der Waals surface area contributed by atoms with Crippen LogP contribution in [0, 0.1) is 12.8 Å².